The summed E-state index contributed by atoms with van der Waals surface area (Å²) in [5.41, 5.74) is 0.272. The summed E-state index contributed by atoms with van der Waals surface area (Å²) in [6.45, 7) is 4.07. The van der Waals surface area contributed by atoms with Crippen molar-refractivity contribution < 1.29 is 28.8 Å². The van der Waals surface area contributed by atoms with Crippen LogP contribution in [0.15, 0.2) is 12.1 Å². The van der Waals surface area contributed by atoms with Crippen molar-refractivity contribution in [3.8, 4) is 17.2 Å². The van der Waals surface area contributed by atoms with Crippen molar-refractivity contribution in [3.63, 3.8) is 0 Å². The predicted octanol–water partition coefficient (Wildman–Crippen LogP) is 0.898. The number of phenolic OH excluding ortho intramolecular Hbond substituents is 1. The minimum absolute atomic E-state index is 0.144. The monoisotopic (exact) mass is 311 g/mol. The standard InChI is InChI=1S/C15H21NO6/c1-19-12-9-11(10-13(20-2)14(12)17)15(18)22-8-5-16-3-6-21-7-4-16/h9-10,17H,3-8H2,1-2H3. The molecule has 1 aromatic carbocycles. The van der Waals surface area contributed by atoms with Gasteiger partial charge in [0.1, 0.15) is 6.61 Å². The molecule has 0 aromatic heterocycles. The van der Waals surface area contributed by atoms with Crippen molar-refractivity contribution in [2.75, 3.05) is 53.7 Å². The molecule has 22 heavy (non-hydrogen) atoms. The van der Waals surface area contributed by atoms with Crippen LogP contribution in [0.2, 0.25) is 0 Å². The molecule has 1 N–H and O–H groups in total. The van der Waals surface area contributed by atoms with Gasteiger partial charge in [-0.25, -0.2) is 4.79 Å². The molecule has 0 atom stereocenters. The highest BCUT2D eigenvalue weighted by Crippen LogP contribution is 2.37. The molecule has 0 unspecified atom stereocenters. The molecule has 0 saturated carbocycles. The van der Waals surface area contributed by atoms with Crippen LogP contribution >= 0.6 is 0 Å². The summed E-state index contributed by atoms with van der Waals surface area (Å²) < 4.78 is 20.5. The van der Waals surface area contributed by atoms with E-state index in [9.17, 15) is 9.90 Å². The Morgan fingerprint density at radius 2 is 1.82 bits per heavy atom. The number of hydrogen-bond acceptors (Lipinski definition) is 7. The molecule has 1 aliphatic rings. The van der Waals surface area contributed by atoms with Crippen molar-refractivity contribution in [1.82, 2.24) is 4.90 Å². The van der Waals surface area contributed by atoms with Crippen molar-refractivity contribution in [1.29, 1.82) is 0 Å². The van der Waals surface area contributed by atoms with E-state index >= 15 is 0 Å². The summed E-state index contributed by atoms with van der Waals surface area (Å²) in [6.07, 6.45) is 0. The second kappa shape index (κ2) is 7.86. The SMILES string of the molecule is COc1cc(C(=O)OCCN2CCOCC2)cc(OC)c1O. The molecule has 0 aliphatic carbocycles. The van der Waals surface area contributed by atoms with Crippen LogP contribution in [-0.4, -0.2) is 69.7 Å². The Labute approximate surface area is 129 Å². The van der Waals surface area contributed by atoms with Gasteiger partial charge in [0.2, 0.25) is 5.75 Å². The summed E-state index contributed by atoms with van der Waals surface area (Å²) in [5.74, 6) is -0.293. The number of rotatable bonds is 6. The molecule has 0 spiro atoms. The number of ether oxygens (including phenoxy) is 4. The lowest BCUT2D eigenvalue weighted by Crippen LogP contribution is -2.38. The van der Waals surface area contributed by atoms with Gasteiger partial charge in [-0.15, -0.1) is 0 Å². The van der Waals surface area contributed by atoms with Gasteiger partial charge in [-0.2, -0.15) is 0 Å². The fourth-order valence-electron chi connectivity index (χ4n) is 2.19. The lowest BCUT2D eigenvalue weighted by atomic mass is 10.2. The van der Waals surface area contributed by atoms with Crippen LogP contribution in [0.3, 0.4) is 0 Å². The first-order chi connectivity index (χ1) is 10.7. The van der Waals surface area contributed by atoms with Crippen LogP contribution in [0, 0.1) is 0 Å². The Morgan fingerprint density at radius 3 is 2.36 bits per heavy atom. The molecule has 0 radical (unpaired) electrons. The molecule has 7 heteroatoms. The van der Waals surface area contributed by atoms with E-state index in [-0.39, 0.29) is 22.8 Å². The number of carbonyl (C=O) groups excluding carboxylic acids is 1. The Hall–Kier alpha value is -1.99. The summed E-state index contributed by atoms with van der Waals surface area (Å²) in [7, 11) is 2.81. The average molecular weight is 311 g/mol. The highest BCUT2D eigenvalue weighted by Gasteiger charge is 2.17. The van der Waals surface area contributed by atoms with E-state index in [1.807, 2.05) is 0 Å². The smallest absolute Gasteiger partial charge is 0.338 e. The number of nitrogens with zero attached hydrogens (tertiary/aromatic N) is 1. The fraction of sp³-hybridized carbons (Fsp3) is 0.533. The van der Waals surface area contributed by atoms with E-state index in [1.54, 1.807) is 0 Å². The summed E-state index contributed by atoms with van der Waals surface area (Å²) in [6, 6.07) is 2.85. The van der Waals surface area contributed by atoms with E-state index in [0.717, 1.165) is 13.1 Å². The van der Waals surface area contributed by atoms with Crippen molar-refractivity contribution in [3.05, 3.63) is 17.7 Å². The molecule has 7 nitrogen and oxygen atoms in total. The summed E-state index contributed by atoms with van der Waals surface area (Å²) in [4.78, 5) is 14.3. The van der Waals surface area contributed by atoms with Crippen LogP contribution < -0.4 is 9.47 Å². The zero-order valence-corrected chi connectivity index (χ0v) is 12.8. The third-order valence-corrected chi connectivity index (χ3v) is 3.46. The Kier molecular flexibility index (Phi) is 5.85. The van der Waals surface area contributed by atoms with Gasteiger partial charge in [-0.3, -0.25) is 4.90 Å². The van der Waals surface area contributed by atoms with Gasteiger partial charge in [-0.1, -0.05) is 0 Å². The molecule has 2 rings (SSSR count). The van der Waals surface area contributed by atoms with E-state index in [2.05, 4.69) is 4.90 Å². The number of aromatic hydroxyl groups is 1. The zero-order chi connectivity index (χ0) is 15.9. The van der Waals surface area contributed by atoms with Crippen LogP contribution in [0.1, 0.15) is 10.4 Å². The molecular formula is C15H21NO6. The van der Waals surface area contributed by atoms with Gasteiger partial charge >= 0.3 is 5.97 Å². The molecule has 0 amide bonds. The highest BCUT2D eigenvalue weighted by molar-refractivity contribution is 5.91. The number of carbonyl (C=O) groups is 1. The largest absolute Gasteiger partial charge is 0.502 e. The Bertz CT molecular complexity index is 488. The second-order valence-corrected chi connectivity index (χ2v) is 4.82. The first kappa shape index (κ1) is 16.4. The van der Waals surface area contributed by atoms with Crippen molar-refractivity contribution in [2.24, 2.45) is 0 Å². The minimum atomic E-state index is -0.482. The van der Waals surface area contributed by atoms with Crippen LogP contribution in [0.4, 0.5) is 0 Å². The van der Waals surface area contributed by atoms with Crippen LogP contribution in [0.25, 0.3) is 0 Å². The molecule has 0 bridgehead atoms. The first-order valence-electron chi connectivity index (χ1n) is 7.08. The number of morpholine rings is 1. The van der Waals surface area contributed by atoms with E-state index in [1.165, 1.54) is 26.4 Å². The Balaban J connectivity index is 1.94. The van der Waals surface area contributed by atoms with Gasteiger partial charge in [0, 0.05) is 19.6 Å². The lowest BCUT2D eigenvalue weighted by molar-refractivity contribution is 0.0195. The number of hydrogen-bond donors (Lipinski definition) is 1. The topological polar surface area (TPSA) is 77.5 Å². The number of benzene rings is 1. The normalized spacial score (nSPS) is 15.4. The van der Waals surface area contributed by atoms with Crippen molar-refractivity contribution >= 4 is 5.97 Å². The maximum atomic E-state index is 12.1. The van der Waals surface area contributed by atoms with Crippen LogP contribution in [-0.2, 0) is 9.47 Å². The number of esters is 1. The molecule has 1 aromatic rings. The van der Waals surface area contributed by atoms with Crippen LogP contribution in [0.5, 0.6) is 17.2 Å². The molecule has 1 fully saturated rings. The molecule has 1 heterocycles. The third kappa shape index (κ3) is 4.02. The quantitative estimate of drug-likeness (QED) is 0.782. The van der Waals surface area contributed by atoms with Crippen molar-refractivity contribution in [2.45, 2.75) is 0 Å². The molecule has 1 saturated heterocycles. The minimum Gasteiger partial charge on any atom is -0.502 e. The van der Waals surface area contributed by atoms with E-state index in [4.69, 9.17) is 18.9 Å². The Morgan fingerprint density at radius 1 is 1.23 bits per heavy atom. The number of phenols is 1. The molecule has 122 valence electrons. The average Bonchev–Trinajstić information content (AvgIpc) is 2.56. The molecular weight excluding hydrogens is 290 g/mol. The highest BCUT2D eigenvalue weighted by atomic mass is 16.5. The zero-order valence-electron chi connectivity index (χ0n) is 12.8. The van der Waals surface area contributed by atoms with E-state index in [0.29, 0.717) is 26.4 Å². The maximum absolute atomic E-state index is 12.1. The predicted molar refractivity (Wildman–Crippen MR) is 78.8 cm³/mol. The van der Waals surface area contributed by atoms with Gasteiger partial charge in [0.25, 0.3) is 0 Å². The maximum Gasteiger partial charge on any atom is 0.338 e. The summed E-state index contributed by atoms with van der Waals surface area (Å²) in [5, 5.41) is 9.82. The van der Waals surface area contributed by atoms with Gasteiger partial charge in [0.15, 0.2) is 11.5 Å². The number of methoxy groups -OCH3 is 2. The van der Waals surface area contributed by atoms with Gasteiger partial charge in [0.05, 0.1) is 33.0 Å². The summed E-state index contributed by atoms with van der Waals surface area (Å²) >= 11 is 0. The van der Waals surface area contributed by atoms with Gasteiger partial charge in [-0.05, 0) is 12.1 Å². The molecule has 1 aliphatic heterocycles. The van der Waals surface area contributed by atoms with E-state index < -0.39 is 5.97 Å². The van der Waals surface area contributed by atoms with Gasteiger partial charge < -0.3 is 24.1 Å². The first-order valence-corrected chi connectivity index (χ1v) is 7.08. The fourth-order valence-corrected chi connectivity index (χ4v) is 2.19. The lowest BCUT2D eigenvalue weighted by Gasteiger charge is -2.26. The third-order valence-electron chi connectivity index (χ3n) is 3.46. The second-order valence-electron chi connectivity index (χ2n) is 4.82.